The van der Waals surface area contributed by atoms with Crippen LogP contribution in [0.15, 0.2) is 0 Å². The number of carbonyl (C=O) groups excluding carboxylic acids is 2. The van der Waals surface area contributed by atoms with E-state index in [0.29, 0.717) is 5.92 Å². The summed E-state index contributed by atoms with van der Waals surface area (Å²) in [4.78, 5) is 23.8. The molecule has 0 heterocycles. The summed E-state index contributed by atoms with van der Waals surface area (Å²) in [6, 6.07) is 0. The molecule has 13 heavy (non-hydrogen) atoms. The number of nitrogens with zero attached hydrogens (tertiary/aromatic N) is 1. The molecule has 74 valence electrons. The molecule has 2 atom stereocenters. The van der Waals surface area contributed by atoms with Gasteiger partial charge >= 0.3 is 5.97 Å². The second-order valence-electron chi connectivity index (χ2n) is 3.59. The lowest BCUT2D eigenvalue weighted by atomic mass is 10.3. The summed E-state index contributed by atoms with van der Waals surface area (Å²) in [7, 11) is 2.95. The Kier molecular flexibility index (Phi) is 2.90. The van der Waals surface area contributed by atoms with Crippen molar-refractivity contribution < 1.29 is 14.3 Å². The van der Waals surface area contributed by atoms with E-state index in [1.807, 2.05) is 6.92 Å². The largest absolute Gasteiger partial charge is 0.468 e. The number of hydrogen-bond donors (Lipinski definition) is 0. The highest BCUT2D eigenvalue weighted by atomic mass is 16.5. The van der Waals surface area contributed by atoms with Crippen LogP contribution in [0.2, 0.25) is 0 Å². The number of ether oxygens (including phenoxy) is 1. The number of esters is 1. The van der Waals surface area contributed by atoms with Crippen molar-refractivity contribution in [3.63, 3.8) is 0 Å². The van der Waals surface area contributed by atoms with Crippen LogP contribution in [0.5, 0.6) is 0 Å². The molecule has 1 aliphatic rings. The first kappa shape index (κ1) is 10.0. The van der Waals surface area contributed by atoms with Gasteiger partial charge in [0.25, 0.3) is 0 Å². The van der Waals surface area contributed by atoms with Crippen molar-refractivity contribution in [2.24, 2.45) is 11.8 Å². The summed E-state index contributed by atoms with van der Waals surface area (Å²) in [6.45, 7) is 2.09. The Hall–Kier alpha value is -1.06. The second kappa shape index (κ2) is 3.77. The predicted molar refractivity (Wildman–Crippen MR) is 46.9 cm³/mol. The monoisotopic (exact) mass is 185 g/mol. The molecule has 4 heteroatoms. The Morgan fingerprint density at radius 1 is 1.54 bits per heavy atom. The van der Waals surface area contributed by atoms with E-state index < -0.39 is 0 Å². The van der Waals surface area contributed by atoms with Crippen molar-refractivity contribution in [1.82, 2.24) is 4.90 Å². The SMILES string of the molecule is COC(=O)CN(C)C(=O)C1CC1C. The van der Waals surface area contributed by atoms with E-state index in [-0.39, 0.29) is 24.3 Å². The fourth-order valence-corrected chi connectivity index (χ4v) is 1.29. The molecule has 0 aromatic heterocycles. The summed E-state index contributed by atoms with van der Waals surface area (Å²) < 4.78 is 4.47. The van der Waals surface area contributed by atoms with Gasteiger partial charge in [-0.3, -0.25) is 9.59 Å². The molecule has 0 aromatic rings. The van der Waals surface area contributed by atoms with Gasteiger partial charge in [0.05, 0.1) is 7.11 Å². The van der Waals surface area contributed by atoms with Crippen molar-refractivity contribution >= 4 is 11.9 Å². The molecule has 1 amide bonds. The standard InChI is InChI=1S/C9H15NO3/c1-6-4-7(6)9(12)10(2)5-8(11)13-3/h6-7H,4-5H2,1-3H3. The fourth-order valence-electron chi connectivity index (χ4n) is 1.29. The van der Waals surface area contributed by atoms with Crippen LogP contribution < -0.4 is 0 Å². The zero-order valence-corrected chi connectivity index (χ0v) is 8.24. The zero-order chi connectivity index (χ0) is 10.0. The molecule has 0 spiro atoms. The normalized spacial score (nSPS) is 25.2. The highest BCUT2D eigenvalue weighted by Gasteiger charge is 2.40. The average Bonchev–Trinajstić information content (AvgIpc) is 2.81. The lowest BCUT2D eigenvalue weighted by Crippen LogP contribution is -2.33. The molecule has 0 aliphatic heterocycles. The van der Waals surface area contributed by atoms with Crippen LogP contribution >= 0.6 is 0 Å². The van der Waals surface area contributed by atoms with Crippen LogP contribution in [0, 0.1) is 11.8 Å². The summed E-state index contributed by atoms with van der Waals surface area (Å²) in [5.74, 6) is 0.296. The van der Waals surface area contributed by atoms with E-state index in [1.165, 1.54) is 12.0 Å². The van der Waals surface area contributed by atoms with Gasteiger partial charge in [0.15, 0.2) is 0 Å². The number of hydrogen-bond acceptors (Lipinski definition) is 3. The number of likely N-dealkylation sites (N-methyl/N-ethyl adjacent to an activating group) is 1. The Labute approximate surface area is 77.8 Å². The first-order chi connectivity index (χ1) is 6.06. The Morgan fingerprint density at radius 3 is 2.46 bits per heavy atom. The van der Waals surface area contributed by atoms with Gasteiger partial charge in [0, 0.05) is 13.0 Å². The van der Waals surface area contributed by atoms with Crippen LogP contribution in [0.3, 0.4) is 0 Å². The van der Waals surface area contributed by atoms with Crippen LogP contribution in [0.25, 0.3) is 0 Å². The van der Waals surface area contributed by atoms with E-state index in [0.717, 1.165) is 6.42 Å². The molecule has 1 aliphatic carbocycles. The molecular weight excluding hydrogens is 170 g/mol. The van der Waals surface area contributed by atoms with Crippen LogP contribution in [-0.2, 0) is 14.3 Å². The minimum Gasteiger partial charge on any atom is -0.468 e. The summed E-state index contributed by atoms with van der Waals surface area (Å²) >= 11 is 0. The Bertz CT molecular complexity index is 227. The molecule has 0 N–H and O–H groups in total. The lowest BCUT2D eigenvalue weighted by molar-refractivity contribution is -0.146. The number of rotatable bonds is 3. The third-order valence-corrected chi connectivity index (χ3v) is 2.40. The number of carbonyl (C=O) groups is 2. The highest BCUT2D eigenvalue weighted by Crippen LogP contribution is 2.38. The third kappa shape index (κ3) is 2.44. The molecule has 0 radical (unpaired) electrons. The number of amides is 1. The summed E-state index contributed by atoms with van der Waals surface area (Å²) in [6.07, 6.45) is 0.949. The molecule has 1 saturated carbocycles. The van der Waals surface area contributed by atoms with Gasteiger partial charge in [-0.15, -0.1) is 0 Å². The second-order valence-corrected chi connectivity index (χ2v) is 3.59. The van der Waals surface area contributed by atoms with E-state index in [9.17, 15) is 9.59 Å². The first-order valence-corrected chi connectivity index (χ1v) is 4.38. The molecule has 0 aromatic carbocycles. The van der Waals surface area contributed by atoms with Gasteiger partial charge in [-0.1, -0.05) is 6.92 Å². The van der Waals surface area contributed by atoms with E-state index >= 15 is 0 Å². The van der Waals surface area contributed by atoms with Crippen molar-refractivity contribution in [2.45, 2.75) is 13.3 Å². The quantitative estimate of drug-likeness (QED) is 0.593. The average molecular weight is 185 g/mol. The first-order valence-electron chi connectivity index (χ1n) is 4.38. The lowest BCUT2D eigenvalue weighted by Gasteiger charge is -2.14. The maximum absolute atomic E-state index is 11.5. The van der Waals surface area contributed by atoms with Gasteiger partial charge in [-0.25, -0.2) is 0 Å². The van der Waals surface area contributed by atoms with Crippen LogP contribution in [0.1, 0.15) is 13.3 Å². The molecule has 2 unspecified atom stereocenters. The van der Waals surface area contributed by atoms with E-state index in [4.69, 9.17) is 0 Å². The van der Waals surface area contributed by atoms with Gasteiger partial charge in [-0.05, 0) is 12.3 Å². The third-order valence-electron chi connectivity index (χ3n) is 2.40. The van der Waals surface area contributed by atoms with E-state index in [2.05, 4.69) is 4.74 Å². The minimum atomic E-state index is -0.371. The van der Waals surface area contributed by atoms with Crippen LogP contribution in [-0.4, -0.2) is 37.5 Å². The summed E-state index contributed by atoms with van der Waals surface area (Å²) in [5, 5.41) is 0. The van der Waals surface area contributed by atoms with Crippen molar-refractivity contribution in [2.75, 3.05) is 20.7 Å². The van der Waals surface area contributed by atoms with Crippen molar-refractivity contribution in [3.8, 4) is 0 Å². The minimum absolute atomic E-state index is 0.0536. The zero-order valence-electron chi connectivity index (χ0n) is 8.24. The van der Waals surface area contributed by atoms with Gasteiger partial charge < -0.3 is 9.64 Å². The van der Waals surface area contributed by atoms with Crippen molar-refractivity contribution in [1.29, 1.82) is 0 Å². The van der Waals surface area contributed by atoms with Gasteiger partial charge in [0.1, 0.15) is 6.54 Å². The maximum Gasteiger partial charge on any atom is 0.325 e. The molecule has 1 rings (SSSR count). The summed E-state index contributed by atoms with van der Waals surface area (Å²) in [5.41, 5.74) is 0. The molecule has 0 bridgehead atoms. The molecule has 1 fully saturated rings. The molecule has 4 nitrogen and oxygen atoms in total. The Balaban J connectivity index is 2.34. The maximum atomic E-state index is 11.5. The van der Waals surface area contributed by atoms with Gasteiger partial charge in [-0.2, -0.15) is 0 Å². The highest BCUT2D eigenvalue weighted by molar-refractivity contribution is 5.85. The predicted octanol–water partition coefficient (Wildman–Crippen LogP) is 0.274. The fraction of sp³-hybridized carbons (Fsp3) is 0.778. The van der Waals surface area contributed by atoms with Gasteiger partial charge in [0.2, 0.25) is 5.91 Å². The van der Waals surface area contributed by atoms with E-state index in [1.54, 1.807) is 7.05 Å². The Morgan fingerprint density at radius 2 is 2.08 bits per heavy atom. The van der Waals surface area contributed by atoms with Crippen molar-refractivity contribution in [3.05, 3.63) is 0 Å². The number of methoxy groups -OCH3 is 1. The molecular formula is C9H15NO3. The smallest absolute Gasteiger partial charge is 0.325 e. The van der Waals surface area contributed by atoms with Crippen LogP contribution in [0.4, 0.5) is 0 Å². The molecule has 0 saturated heterocycles. The topological polar surface area (TPSA) is 46.6 Å².